The van der Waals surface area contributed by atoms with Gasteiger partial charge in [-0.3, -0.25) is 4.79 Å². The fourth-order valence-electron chi connectivity index (χ4n) is 8.15. The molecule has 0 aliphatic heterocycles. The van der Waals surface area contributed by atoms with Crippen LogP contribution in [0.25, 0.3) is 0 Å². The Balaban J connectivity index is 1.56. The molecule has 7 atom stereocenters. The van der Waals surface area contributed by atoms with Gasteiger partial charge in [0.2, 0.25) is 0 Å². The van der Waals surface area contributed by atoms with Crippen molar-refractivity contribution in [3.8, 4) is 0 Å². The summed E-state index contributed by atoms with van der Waals surface area (Å²) in [5, 5.41) is 9.24. The minimum atomic E-state index is 0.304. The third kappa shape index (κ3) is 2.74. The zero-order valence-corrected chi connectivity index (χ0v) is 17.1. The van der Waals surface area contributed by atoms with Gasteiger partial charge in [-0.25, -0.2) is 0 Å². The highest BCUT2D eigenvalue weighted by Crippen LogP contribution is 2.67. The highest BCUT2D eigenvalue weighted by molar-refractivity contribution is 5.91. The average Bonchev–Trinajstić information content (AvgIpc) is 2.97. The van der Waals surface area contributed by atoms with Crippen molar-refractivity contribution in [2.75, 3.05) is 6.61 Å². The van der Waals surface area contributed by atoms with E-state index >= 15 is 0 Å². The van der Waals surface area contributed by atoms with Crippen molar-refractivity contribution in [2.45, 2.75) is 85.0 Å². The summed E-state index contributed by atoms with van der Waals surface area (Å²) < 4.78 is 0. The van der Waals surface area contributed by atoms with Crippen molar-refractivity contribution in [3.63, 3.8) is 0 Å². The van der Waals surface area contributed by atoms with Gasteiger partial charge >= 0.3 is 0 Å². The van der Waals surface area contributed by atoms with E-state index in [1.165, 1.54) is 50.5 Å². The van der Waals surface area contributed by atoms with Crippen LogP contribution in [0.4, 0.5) is 0 Å². The van der Waals surface area contributed by atoms with E-state index in [9.17, 15) is 9.90 Å². The molecule has 0 heterocycles. The Morgan fingerprint density at radius 1 is 1.12 bits per heavy atom. The monoisotopic (exact) mass is 360 g/mol. The van der Waals surface area contributed by atoms with Crippen molar-refractivity contribution in [3.05, 3.63) is 11.6 Å². The third-order valence-electron chi connectivity index (χ3n) is 9.54. The van der Waals surface area contributed by atoms with E-state index in [4.69, 9.17) is 0 Å². The largest absolute Gasteiger partial charge is 0.396 e. The first-order valence-electron chi connectivity index (χ1n) is 11.2. The minimum absolute atomic E-state index is 0.304. The lowest BCUT2D eigenvalue weighted by atomic mass is 9.47. The zero-order valence-electron chi connectivity index (χ0n) is 17.1. The molecule has 0 radical (unpaired) electrons. The van der Waals surface area contributed by atoms with Crippen LogP contribution in [0.3, 0.4) is 0 Å². The summed E-state index contributed by atoms with van der Waals surface area (Å²) in [5.74, 6) is 4.53. The van der Waals surface area contributed by atoms with Crippen LogP contribution in [0, 0.1) is 40.4 Å². The van der Waals surface area contributed by atoms with Gasteiger partial charge in [0.15, 0.2) is 5.78 Å². The van der Waals surface area contributed by atoms with E-state index in [-0.39, 0.29) is 0 Å². The number of hydrogen-bond acceptors (Lipinski definition) is 2. The summed E-state index contributed by atoms with van der Waals surface area (Å²) in [6, 6.07) is 0. The first kappa shape index (κ1) is 18.7. The quantitative estimate of drug-likeness (QED) is 0.668. The predicted molar refractivity (Wildman–Crippen MR) is 106 cm³/mol. The molecule has 1 N–H and O–H groups in total. The van der Waals surface area contributed by atoms with Crippen molar-refractivity contribution in [2.24, 2.45) is 40.4 Å². The maximum atomic E-state index is 12.0. The van der Waals surface area contributed by atoms with Crippen LogP contribution in [0.5, 0.6) is 0 Å². The molecule has 0 aromatic carbocycles. The summed E-state index contributed by atoms with van der Waals surface area (Å²) in [6.07, 6.45) is 14.1. The molecule has 0 spiro atoms. The Bertz CT molecular complexity index is 593. The van der Waals surface area contributed by atoms with Crippen LogP contribution < -0.4 is 0 Å². The molecule has 0 unspecified atom stereocenters. The van der Waals surface area contributed by atoms with Gasteiger partial charge < -0.3 is 5.11 Å². The molecule has 4 rings (SSSR count). The van der Waals surface area contributed by atoms with E-state index in [2.05, 4.69) is 20.8 Å². The number of aliphatic hydroxyl groups excluding tert-OH is 1. The maximum absolute atomic E-state index is 12.0. The number of fused-ring (bicyclic) bond motifs is 5. The Morgan fingerprint density at radius 2 is 1.92 bits per heavy atom. The Morgan fingerprint density at radius 3 is 2.69 bits per heavy atom. The third-order valence-corrected chi connectivity index (χ3v) is 9.54. The number of ketones is 1. The second kappa shape index (κ2) is 6.76. The standard InChI is InChI=1S/C24H38O2/c1-16(5-4-14-25)20-8-9-21-19-7-6-17-15-18(26)10-12-23(17,2)22(19)11-13-24(20,21)3/h15-16,19-22,25H,4-14H2,1-3H3/t16-,19+,20-,21+,22+,23+,24-/m1/s1/i15+1,18+1. The average molecular weight is 361 g/mol. The van der Waals surface area contributed by atoms with Gasteiger partial charge in [0.05, 0.1) is 0 Å². The van der Waals surface area contributed by atoms with Crippen molar-refractivity contribution >= 4 is 5.78 Å². The Kier molecular flexibility index (Phi) is 4.87. The fraction of sp³-hybridized carbons (Fsp3) is 0.875. The van der Waals surface area contributed by atoms with Gasteiger partial charge in [-0.15, -0.1) is 0 Å². The first-order chi connectivity index (χ1) is 12.4. The van der Waals surface area contributed by atoms with Crippen LogP contribution >= 0.6 is 0 Å². The molecule has 26 heavy (non-hydrogen) atoms. The lowest BCUT2D eigenvalue weighted by Gasteiger charge is -2.58. The van der Waals surface area contributed by atoms with E-state index in [0.717, 1.165) is 48.9 Å². The molecule has 146 valence electrons. The molecule has 3 saturated carbocycles. The van der Waals surface area contributed by atoms with Crippen molar-refractivity contribution < 1.29 is 9.90 Å². The molecule has 0 aromatic rings. The van der Waals surface area contributed by atoms with Crippen LogP contribution in [0.1, 0.15) is 85.0 Å². The summed E-state index contributed by atoms with van der Waals surface area (Å²) in [6.45, 7) is 7.88. The summed E-state index contributed by atoms with van der Waals surface area (Å²) >= 11 is 0. The maximum Gasteiger partial charge on any atom is 0.155 e. The molecule has 4 aliphatic carbocycles. The summed E-state index contributed by atoms with van der Waals surface area (Å²) in [7, 11) is 0. The lowest BCUT2D eigenvalue weighted by Crippen LogP contribution is -2.50. The van der Waals surface area contributed by atoms with Crippen LogP contribution in [0.15, 0.2) is 11.6 Å². The van der Waals surface area contributed by atoms with Gasteiger partial charge in [-0.05, 0) is 104 Å². The molecule has 4 aliphatic rings. The van der Waals surface area contributed by atoms with Gasteiger partial charge in [0.25, 0.3) is 0 Å². The molecular formula is C24H38O2. The number of carbonyl (C=O) groups is 1. The minimum Gasteiger partial charge on any atom is -0.396 e. The van der Waals surface area contributed by atoms with Crippen LogP contribution in [-0.2, 0) is 4.79 Å². The van der Waals surface area contributed by atoms with E-state index < -0.39 is 0 Å². The molecule has 0 aromatic heterocycles. The van der Waals surface area contributed by atoms with E-state index in [1.807, 2.05) is 6.08 Å². The smallest absolute Gasteiger partial charge is 0.155 e. The van der Waals surface area contributed by atoms with E-state index in [0.29, 0.717) is 23.2 Å². The van der Waals surface area contributed by atoms with Gasteiger partial charge in [0.1, 0.15) is 0 Å². The SMILES string of the molecule is C[C@H](CCCO)[C@H]1CC[C@H]2[C@@H]3CCC4=[13CH][13C](=O)CC[C@]4(C)[C@H]3CC[C@]12C. The molecule has 0 amide bonds. The predicted octanol–water partition coefficient (Wildman–Crippen LogP) is 5.54. The molecule has 3 fully saturated rings. The van der Waals surface area contributed by atoms with Gasteiger partial charge in [-0.2, -0.15) is 0 Å². The topological polar surface area (TPSA) is 37.3 Å². The van der Waals surface area contributed by atoms with Gasteiger partial charge in [-0.1, -0.05) is 26.3 Å². The van der Waals surface area contributed by atoms with Crippen LogP contribution in [-0.4, -0.2) is 17.5 Å². The normalized spacial score (nSPS) is 46.2. The first-order valence-corrected chi connectivity index (χ1v) is 11.2. The number of hydrogen-bond donors (Lipinski definition) is 1. The molecular weight excluding hydrogens is 322 g/mol. The number of rotatable bonds is 4. The number of carbonyl (C=O) groups excluding carboxylic acids is 1. The van der Waals surface area contributed by atoms with E-state index in [1.54, 1.807) is 0 Å². The fourth-order valence-corrected chi connectivity index (χ4v) is 8.15. The Hall–Kier alpha value is -0.630. The lowest BCUT2D eigenvalue weighted by molar-refractivity contribution is -0.117. The highest BCUT2D eigenvalue weighted by Gasteiger charge is 2.59. The van der Waals surface area contributed by atoms with Gasteiger partial charge in [0, 0.05) is 13.0 Å². The summed E-state index contributed by atoms with van der Waals surface area (Å²) in [5.41, 5.74) is 2.31. The summed E-state index contributed by atoms with van der Waals surface area (Å²) in [4.78, 5) is 12.0. The second-order valence-corrected chi connectivity index (χ2v) is 10.5. The Labute approximate surface area is 159 Å². The molecule has 0 bridgehead atoms. The van der Waals surface area contributed by atoms with Crippen molar-refractivity contribution in [1.29, 1.82) is 0 Å². The van der Waals surface area contributed by atoms with Crippen LogP contribution in [0.2, 0.25) is 0 Å². The molecule has 0 saturated heterocycles. The zero-order chi connectivity index (χ0) is 18.5. The molecule has 2 heteroatoms. The number of aliphatic hydroxyl groups is 1. The second-order valence-electron chi connectivity index (χ2n) is 10.5. The molecule has 2 nitrogen and oxygen atoms in total. The number of allylic oxidation sites excluding steroid dienone is 1. The highest BCUT2D eigenvalue weighted by atomic mass is 16.3. The van der Waals surface area contributed by atoms with Crippen molar-refractivity contribution in [1.82, 2.24) is 0 Å².